The van der Waals surface area contributed by atoms with Crippen LogP contribution in [0.3, 0.4) is 0 Å². The van der Waals surface area contributed by atoms with E-state index in [1.807, 2.05) is 6.07 Å². The van der Waals surface area contributed by atoms with Gasteiger partial charge >= 0.3 is 0 Å². The van der Waals surface area contributed by atoms with Gasteiger partial charge in [0.1, 0.15) is 11.0 Å². The van der Waals surface area contributed by atoms with Gasteiger partial charge in [-0.2, -0.15) is 0 Å². The van der Waals surface area contributed by atoms with Crippen LogP contribution in [0.1, 0.15) is 13.3 Å². The molecular formula is C19H16O. The van der Waals surface area contributed by atoms with Crippen LogP contribution in [0.25, 0.3) is 34.2 Å². The largest absolute Gasteiger partial charge is 0.456 e. The topological polar surface area (TPSA) is 13.1 Å². The lowest BCUT2D eigenvalue weighted by molar-refractivity contribution is 0.566. The normalized spacial score (nSPS) is 17.4. The van der Waals surface area contributed by atoms with Crippen molar-refractivity contribution in [2.45, 2.75) is 13.3 Å². The molecule has 0 radical (unpaired) electrons. The summed E-state index contributed by atoms with van der Waals surface area (Å²) in [7, 11) is 0. The van der Waals surface area contributed by atoms with Crippen LogP contribution >= 0.6 is 0 Å². The summed E-state index contributed by atoms with van der Waals surface area (Å²) >= 11 is 0. The predicted molar refractivity (Wildman–Crippen MR) is 83.6 cm³/mol. The molecule has 1 aromatic heterocycles. The Hall–Kier alpha value is -2.28. The molecular weight excluding hydrogens is 244 g/mol. The predicted octanol–water partition coefficient (Wildman–Crippen LogP) is 3.70. The van der Waals surface area contributed by atoms with Crippen molar-refractivity contribution >= 4 is 23.1 Å². The van der Waals surface area contributed by atoms with Crippen LogP contribution in [0.5, 0.6) is 0 Å². The summed E-state index contributed by atoms with van der Waals surface area (Å²) in [4.78, 5) is 0. The highest BCUT2D eigenvalue weighted by atomic mass is 16.3. The summed E-state index contributed by atoms with van der Waals surface area (Å²) in [5.41, 5.74) is 4.41. The summed E-state index contributed by atoms with van der Waals surface area (Å²) in [6.07, 6.45) is 5.64. The van der Waals surface area contributed by atoms with Gasteiger partial charge in [-0.15, -0.1) is 0 Å². The molecule has 0 saturated carbocycles. The van der Waals surface area contributed by atoms with Crippen LogP contribution in [-0.2, 0) is 0 Å². The SMILES string of the molecule is CC1C=c2oc3c(-c4ccccc4)cccc3c2=CC1. The number of benzene rings is 2. The van der Waals surface area contributed by atoms with Crippen LogP contribution in [-0.4, -0.2) is 0 Å². The Bertz CT molecular complexity index is 885. The second-order valence-corrected chi connectivity index (χ2v) is 5.51. The number of hydrogen-bond donors (Lipinski definition) is 0. The van der Waals surface area contributed by atoms with Gasteiger partial charge in [0.05, 0.1) is 0 Å². The molecule has 0 aliphatic heterocycles. The van der Waals surface area contributed by atoms with Crippen molar-refractivity contribution in [2.24, 2.45) is 5.92 Å². The minimum Gasteiger partial charge on any atom is -0.456 e. The molecule has 0 spiro atoms. The minimum atomic E-state index is 0.559. The highest BCUT2D eigenvalue weighted by molar-refractivity contribution is 5.93. The monoisotopic (exact) mass is 260 g/mol. The zero-order valence-corrected chi connectivity index (χ0v) is 11.5. The molecule has 1 unspecified atom stereocenters. The second-order valence-electron chi connectivity index (χ2n) is 5.51. The van der Waals surface area contributed by atoms with E-state index in [-0.39, 0.29) is 0 Å². The molecule has 1 aliphatic rings. The zero-order valence-electron chi connectivity index (χ0n) is 11.5. The third-order valence-corrected chi connectivity index (χ3v) is 4.00. The Morgan fingerprint density at radius 2 is 1.85 bits per heavy atom. The Balaban J connectivity index is 2.09. The fourth-order valence-corrected chi connectivity index (χ4v) is 2.97. The summed E-state index contributed by atoms with van der Waals surface area (Å²) in [5.74, 6) is 0.559. The summed E-state index contributed by atoms with van der Waals surface area (Å²) in [6, 6.07) is 16.8. The van der Waals surface area contributed by atoms with Gasteiger partial charge < -0.3 is 4.42 Å². The highest BCUT2D eigenvalue weighted by Gasteiger charge is 2.12. The van der Waals surface area contributed by atoms with Crippen molar-refractivity contribution in [1.82, 2.24) is 0 Å². The number of furan rings is 1. The van der Waals surface area contributed by atoms with Gasteiger partial charge in [0.15, 0.2) is 0 Å². The molecule has 4 rings (SSSR count). The number of hydrogen-bond acceptors (Lipinski definition) is 1. The van der Waals surface area contributed by atoms with E-state index >= 15 is 0 Å². The van der Waals surface area contributed by atoms with E-state index in [9.17, 15) is 0 Å². The quantitative estimate of drug-likeness (QED) is 0.650. The molecule has 1 heteroatoms. The maximum atomic E-state index is 6.16. The summed E-state index contributed by atoms with van der Waals surface area (Å²) < 4.78 is 6.16. The van der Waals surface area contributed by atoms with Crippen LogP contribution in [0, 0.1) is 5.92 Å². The molecule has 1 nitrogen and oxygen atoms in total. The maximum Gasteiger partial charge on any atom is 0.143 e. The molecule has 0 saturated heterocycles. The smallest absolute Gasteiger partial charge is 0.143 e. The number of para-hydroxylation sites is 1. The van der Waals surface area contributed by atoms with Crippen LogP contribution in [0.2, 0.25) is 0 Å². The Morgan fingerprint density at radius 3 is 2.70 bits per heavy atom. The lowest BCUT2D eigenvalue weighted by Crippen LogP contribution is -2.24. The molecule has 0 fully saturated rings. The van der Waals surface area contributed by atoms with Gasteiger partial charge in [0.2, 0.25) is 0 Å². The molecule has 98 valence electrons. The molecule has 0 N–H and O–H groups in total. The van der Waals surface area contributed by atoms with E-state index < -0.39 is 0 Å². The van der Waals surface area contributed by atoms with Crippen LogP contribution in [0.15, 0.2) is 52.9 Å². The number of rotatable bonds is 1. The van der Waals surface area contributed by atoms with E-state index in [2.05, 4.69) is 61.5 Å². The first kappa shape index (κ1) is 11.5. The third kappa shape index (κ3) is 1.70. The van der Waals surface area contributed by atoms with Gasteiger partial charge in [-0.1, -0.05) is 61.5 Å². The molecule has 0 bridgehead atoms. The molecule has 1 atom stereocenters. The average Bonchev–Trinajstić information content (AvgIpc) is 2.85. The van der Waals surface area contributed by atoms with E-state index in [1.54, 1.807) is 0 Å². The second kappa shape index (κ2) is 4.38. The minimum absolute atomic E-state index is 0.559. The average molecular weight is 260 g/mol. The summed E-state index contributed by atoms with van der Waals surface area (Å²) in [6.45, 7) is 2.23. The van der Waals surface area contributed by atoms with Crippen LogP contribution < -0.4 is 10.6 Å². The van der Waals surface area contributed by atoms with Gasteiger partial charge in [0, 0.05) is 16.2 Å². The first-order valence-electron chi connectivity index (χ1n) is 7.12. The van der Waals surface area contributed by atoms with Gasteiger partial charge in [-0.25, -0.2) is 0 Å². The molecule has 1 heterocycles. The van der Waals surface area contributed by atoms with Crippen molar-refractivity contribution in [3.05, 3.63) is 59.2 Å². The van der Waals surface area contributed by atoms with E-state index in [0.29, 0.717) is 5.92 Å². The molecule has 1 aliphatic carbocycles. The van der Waals surface area contributed by atoms with Crippen molar-refractivity contribution in [2.75, 3.05) is 0 Å². The molecule has 20 heavy (non-hydrogen) atoms. The fraction of sp³-hybridized carbons (Fsp3) is 0.158. The Morgan fingerprint density at radius 1 is 1.00 bits per heavy atom. The first-order valence-corrected chi connectivity index (χ1v) is 7.12. The van der Waals surface area contributed by atoms with Crippen molar-refractivity contribution in [3.63, 3.8) is 0 Å². The van der Waals surface area contributed by atoms with Gasteiger partial charge in [-0.3, -0.25) is 0 Å². The van der Waals surface area contributed by atoms with Gasteiger partial charge in [0.25, 0.3) is 0 Å². The Labute approximate surface area is 117 Å². The molecule has 3 aromatic rings. The fourth-order valence-electron chi connectivity index (χ4n) is 2.97. The summed E-state index contributed by atoms with van der Waals surface area (Å²) in [5, 5.41) is 2.49. The lowest BCUT2D eigenvalue weighted by Gasteiger charge is -2.02. The number of fused-ring (bicyclic) bond motifs is 3. The lowest BCUT2D eigenvalue weighted by atomic mass is 10.00. The van der Waals surface area contributed by atoms with E-state index in [4.69, 9.17) is 4.42 Å². The molecule has 0 amide bonds. The highest BCUT2D eigenvalue weighted by Crippen LogP contribution is 2.27. The Kier molecular flexibility index (Phi) is 2.53. The van der Waals surface area contributed by atoms with Crippen molar-refractivity contribution < 1.29 is 4.42 Å². The first-order chi connectivity index (χ1) is 9.83. The van der Waals surface area contributed by atoms with E-state index in [1.165, 1.54) is 21.7 Å². The van der Waals surface area contributed by atoms with Crippen LogP contribution in [0.4, 0.5) is 0 Å². The van der Waals surface area contributed by atoms with E-state index in [0.717, 1.165) is 17.4 Å². The maximum absolute atomic E-state index is 6.16. The zero-order chi connectivity index (χ0) is 13.5. The standard InChI is InChI=1S/C19H16O/c1-13-10-11-16-17-9-5-8-15(14-6-3-2-4-7-14)19(17)20-18(16)12-13/h2-9,11-13H,10H2,1H3. The third-order valence-electron chi connectivity index (χ3n) is 4.00. The van der Waals surface area contributed by atoms with Crippen molar-refractivity contribution in [3.8, 4) is 11.1 Å². The molecule has 2 aromatic carbocycles. The van der Waals surface area contributed by atoms with Crippen molar-refractivity contribution in [1.29, 1.82) is 0 Å². The van der Waals surface area contributed by atoms with Gasteiger partial charge in [-0.05, 0) is 24.0 Å².